The van der Waals surface area contributed by atoms with Gasteiger partial charge < -0.3 is 16.0 Å². The van der Waals surface area contributed by atoms with E-state index < -0.39 is 16.1 Å². The number of carbonyl (C=O) groups is 2. The van der Waals surface area contributed by atoms with Gasteiger partial charge in [0.15, 0.2) is 0 Å². The van der Waals surface area contributed by atoms with Gasteiger partial charge in [-0.3, -0.25) is 9.59 Å². The molecule has 2 unspecified atom stereocenters. The Balaban J connectivity index is 0.00000338. The van der Waals surface area contributed by atoms with E-state index in [2.05, 4.69) is 10.0 Å². The predicted octanol–water partition coefficient (Wildman–Crippen LogP) is 0.683. The number of nitrogens with one attached hydrogen (secondary N) is 2. The maximum atomic E-state index is 12.4. The van der Waals surface area contributed by atoms with Crippen LogP contribution in [0.15, 0.2) is 29.2 Å². The standard InChI is InChI=1S/C16H24N4O4S.ClH/c1-11(16(22)20-9-3-4-13(17)10-20)19-25(23,24)15-7-5-14(6-8-15)18-12(2)21;/h5-8,11,13,19H,3-4,9-10,17H2,1-2H3,(H,18,21);1H. The third-order valence-electron chi connectivity index (χ3n) is 3.96. The van der Waals surface area contributed by atoms with Gasteiger partial charge in [-0.25, -0.2) is 8.42 Å². The third kappa shape index (κ3) is 5.94. The number of benzene rings is 1. The second kappa shape index (κ2) is 9.31. The molecule has 8 nitrogen and oxygen atoms in total. The second-order valence-corrected chi connectivity index (χ2v) is 7.95. The Morgan fingerprint density at radius 2 is 1.88 bits per heavy atom. The van der Waals surface area contributed by atoms with E-state index in [4.69, 9.17) is 5.73 Å². The van der Waals surface area contributed by atoms with Crippen LogP contribution in [-0.2, 0) is 19.6 Å². The van der Waals surface area contributed by atoms with E-state index in [0.717, 1.165) is 12.8 Å². The molecule has 0 aromatic heterocycles. The lowest BCUT2D eigenvalue weighted by atomic mass is 10.1. The molecule has 1 aromatic carbocycles. The van der Waals surface area contributed by atoms with E-state index >= 15 is 0 Å². The number of piperidine rings is 1. The summed E-state index contributed by atoms with van der Waals surface area (Å²) in [6.07, 6.45) is 1.68. The highest BCUT2D eigenvalue weighted by molar-refractivity contribution is 7.89. The second-order valence-electron chi connectivity index (χ2n) is 6.24. The first-order valence-electron chi connectivity index (χ1n) is 8.13. The molecule has 26 heavy (non-hydrogen) atoms. The number of sulfonamides is 1. The van der Waals surface area contributed by atoms with E-state index in [1.807, 2.05) is 0 Å². The zero-order valence-corrected chi connectivity index (χ0v) is 16.4. The van der Waals surface area contributed by atoms with Crippen LogP contribution in [-0.4, -0.2) is 50.3 Å². The Kier molecular flexibility index (Phi) is 8.01. The molecular weight excluding hydrogens is 380 g/mol. The number of likely N-dealkylation sites (tertiary alicyclic amines) is 1. The number of hydrogen-bond acceptors (Lipinski definition) is 5. The summed E-state index contributed by atoms with van der Waals surface area (Å²) in [4.78, 5) is 25.0. The lowest BCUT2D eigenvalue weighted by Crippen LogP contribution is -2.52. The first-order valence-corrected chi connectivity index (χ1v) is 9.61. The summed E-state index contributed by atoms with van der Waals surface area (Å²) >= 11 is 0. The summed E-state index contributed by atoms with van der Waals surface area (Å²) < 4.78 is 27.3. The fourth-order valence-electron chi connectivity index (χ4n) is 2.76. The van der Waals surface area contributed by atoms with E-state index in [9.17, 15) is 18.0 Å². The number of halogens is 1. The van der Waals surface area contributed by atoms with E-state index in [1.165, 1.54) is 38.1 Å². The van der Waals surface area contributed by atoms with Gasteiger partial charge in [0.25, 0.3) is 0 Å². The van der Waals surface area contributed by atoms with Crippen LogP contribution in [0.1, 0.15) is 26.7 Å². The number of nitrogens with two attached hydrogens (primary N) is 1. The van der Waals surface area contributed by atoms with Crippen molar-refractivity contribution in [3.8, 4) is 0 Å². The van der Waals surface area contributed by atoms with Crippen molar-refractivity contribution in [2.24, 2.45) is 5.73 Å². The summed E-state index contributed by atoms with van der Waals surface area (Å²) in [5.74, 6) is -0.527. The van der Waals surface area contributed by atoms with Crippen LogP contribution >= 0.6 is 12.4 Å². The molecule has 2 amide bonds. The van der Waals surface area contributed by atoms with Crippen LogP contribution in [0.2, 0.25) is 0 Å². The molecule has 1 aromatic rings. The largest absolute Gasteiger partial charge is 0.340 e. The van der Waals surface area contributed by atoms with E-state index in [1.54, 1.807) is 4.90 Å². The minimum absolute atomic E-state index is 0. The molecule has 1 heterocycles. The van der Waals surface area contributed by atoms with Gasteiger partial charge in [-0.1, -0.05) is 0 Å². The lowest BCUT2D eigenvalue weighted by molar-refractivity contribution is -0.133. The van der Waals surface area contributed by atoms with Crippen LogP contribution < -0.4 is 15.8 Å². The number of hydrogen-bond donors (Lipinski definition) is 3. The molecule has 2 atom stereocenters. The summed E-state index contributed by atoms with van der Waals surface area (Å²) in [6.45, 7) is 3.91. The highest BCUT2D eigenvalue weighted by Crippen LogP contribution is 2.15. The van der Waals surface area contributed by atoms with Crippen molar-refractivity contribution in [1.82, 2.24) is 9.62 Å². The molecule has 1 aliphatic heterocycles. The van der Waals surface area contributed by atoms with Crippen LogP contribution in [0, 0.1) is 0 Å². The molecule has 2 rings (SSSR count). The Morgan fingerprint density at radius 1 is 1.27 bits per heavy atom. The Labute approximate surface area is 160 Å². The zero-order valence-electron chi connectivity index (χ0n) is 14.8. The molecule has 4 N–H and O–H groups in total. The normalized spacial score (nSPS) is 18.6. The zero-order chi connectivity index (χ0) is 18.6. The average Bonchev–Trinajstić information content (AvgIpc) is 2.53. The predicted molar refractivity (Wildman–Crippen MR) is 102 cm³/mol. The van der Waals surface area contributed by atoms with Crippen molar-refractivity contribution in [2.45, 2.75) is 43.7 Å². The Hall–Kier alpha value is -1.68. The fraction of sp³-hybridized carbons (Fsp3) is 0.500. The Bertz CT molecular complexity index is 739. The maximum absolute atomic E-state index is 12.4. The molecule has 146 valence electrons. The van der Waals surface area contributed by atoms with Gasteiger partial charge in [0.1, 0.15) is 0 Å². The van der Waals surface area contributed by atoms with Crippen molar-refractivity contribution in [2.75, 3.05) is 18.4 Å². The summed E-state index contributed by atoms with van der Waals surface area (Å²) in [5, 5.41) is 2.56. The molecule has 1 aliphatic rings. The number of rotatable bonds is 5. The summed E-state index contributed by atoms with van der Waals surface area (Å²) in [6, 6.07) is 4.79. The van der Waals surface area contributed by atoms with Crippen LogP contribution in [0.3, 0.4) is 0 Å². The summed E-state index contributed by atoms with van der Waals surface area (Å²) in [5.41, 5.74) is 6.37. The number of carbonyl (C=O) groups excluding carboxylic acids is 2. The summed E-state index contributed by atoms with van der Waals surface area (Å²) in [7, 11) is -3.84. The van der Waals surface area contributed by atoms with Gasteiger partial charge >= 0.3 is 0 Å². The van der Waals surface area contributed by atoms with Gasteiger partial charge in [-0.15, -0.1) is 12.4 Å². The van der Waals surface area contributed by atoms with Crippen molar-refractivity contribution in [3.63, 3.8) is 0 Å². The van der Waals surface area contributed by atoms with Crippen LogP contribution in [0.25, 0.3) is 0 Å². The van der Waals surface area contributed by atoms with Gasteiger partial charge in [-0.05, 0) is 44.0 Å². The highest BCUT2D eigenvalue weighted by atomic mass is 35.5. The third-order valence-corrected chi connectivity index (χ3v) is 5.51. The molecule has 0 spiro atoms. The minimum Gasteiger partial charge on any atom is -0.340 e. The van der Waals surface area contributed by atoms with Gasteiger partial charge in [0.05, 0.1) is 10.9 Å². The van der Waals surface area contributed by atoms with Gasteiger partial charge in [0, 0.05) is 31.7 Å². The SMILES string of the molecule is CC(=O)Nc1ccc(S(=O)(=O)NC(C)C(=O)N2CCCC(N)C2)cc1.Cl. The Morgan fingerprint density at radius 3 is 2.42 bits per heavy atom. The maximum Gasteiger partial charge on any atom is 0.241 e. The molecule has 1 saturated heterocycles. The van der Waals surface area contributed by atoms with Crippen LogP contribution in [0.5, 0.6) is 0 Å². The number of amides is 2. The smallest absolute Gasteiger partial charge is 0.241 e. The first kappa shape index (κ1) is 22.4. The van der Waals surface area contributed by atoms with Gasteiger partial charge in [0.2, 0.25) is 21.8 Å². The fourth-order valence-corrected chi connectivity index (χ4v) is 3.95. The van der Waals surface area contributed by atoms with Gasteiger partial charge in [-0.2, -0.15) is 4.72 Å². The monoisotopic (exact) mass is 404 g/mol. The van der Waals surface area contributed by atoms with E-state index in [-0.39, 0.29) is 35.2 Å². The molecular formula is C16H25ClN4O4S. The van der Waals surface area contributed by atoms with E-state index in [0.29, 0.717) is 18.8 Å². The van der Waals surface area contributed by atoms with Crippen molar-refractivity contribution >= 4 is 39.9 Å². The number of anilines is 1. The lowest BCUT2D eigenvalue weighted by Gasteiger charge is -2.32. The molecule has 0 aliphatic carbocycles. The molecule has 0 bridgehead atoms. The molecule has 0 saturated carbocycles. The quantitative estimate of drug-likeness (QED) is 0.666. The van der Waals surface area contributed by atoms with Crippen LogP contribution in [0.4, 0.5) is 5.69 Å². The first-order chi connectivity index (χ1) is 11.7. The van der Waals surface area contributed by atoms with Crippen molar-refractivity contribution in [3.05, 3.63) is 24.3 Å². The topological polar surface area (TPSA) is 122 Å². The highest BCUT2D eigenvalue weighted by Gasteiger charge is 2.28. The molecule has 10 heteroatoms. The molecule has 0 radical (unpaired) electrons. The number of nitrogens with zero attached hydrogens (tertiary/aromatic N) is 1. The minimum atomic E-state index is -3.84. The van der Waals surface area contributed by atoms with Crippen molar-refractivity contribution < 1.29 is 18.0 Å². The average molecular weight is 405 g/mol. The molecule has 1 fully saturated rings. The van der Waals surface area contributed by atoms with Crippen molar-refractivity contribution in [1.29, 1.82) is 0 Å².